The number of rotatable bonds is 2. The maximum atomic E-state index is 9.44. The molecule has 2 N–H and O–H groups in total. The van der Waals surface area contributed by atoms with Crippen LogP contribution in [-0.4, -0.2) is 28.2 Å². The second kappa shape index (κ2) is 2.44. The number of aliphatic hydroxyl groups is 2. The summed E-state index contributed by atoms with van der Waals surface area (Å²) in [5.74, 6) is -0.0919. The van der Waals surface area contributed by atoms with E-state index in [1.165, 1.54) is 0 Å². The van der Waals surface area contributed by atoms with Gasteiger partial charge in [0.1, 0.15) is 0 Å². The van der Waals surface area contributed by atoms with Gasteiger partial charge in [-0.2, -0.15) is 0 Å². The van der Waals surface area contributed by atoms with Crippen molar-refractivity contribution in [3.05, 3.63) is 0 Å². The fraction of sp³-hybridized carbons (Fsp3) is 1.00. The van der Waals surface area contributed by atoms with Gasteiger partial charge in [-0.05, 0) is 32.1 Å². The third-order valence-corrected chi connectivity index (χ3v) is 2.78. The first kappa shape index (κ1) is 8.48. The fourth-order valence-electron chi connectivity index (χ4n) is 2.20. The topological polar surface area (TPSA) is 49.7 Å². The molecule has 2 aliphatic rings. The Bertz CT molecular complexity index is 185. The number of hydrogen-bond donors (Lipinski definition) is 2. The molecule has 0 bridgehead atoms. The van der Waals surface area contributed by atoms with E-state index in [1.54, 1.807) is 13.8 Å². The van der Waals surface area contributed by atoms with Crippen LogP contribution in [0.5, 0.6) is 0 Å². The van der Waals surface area contributed by atoms with Gasteiger partial charge in [0.2, 0.25) is 0 Å². The number of hydrogen-bond acceptors (Lipinski definition) is 3. The van der Waals surface area contributed by atoms with Gasteiger partial charge in [-0.3, -0.25) is 0 Å². The smallest absolute Gasteiger partial charge is 0.160 e. The van der Waals surface area contributed by atoms with Crippen LogP contribution in [0.2, 0.25) is 0 Å². The molecule has 2 aliphatic carbocycles. The SMILES string of the molecule is CC(C)(O)O[C@H]1C[C@@H](O)C2CC21. The molecule has 2 rings (SSSR count). The highest BCUT2D eigenvalue weighted by molar-refractivity contribution is 5.04. The van der Waals surface area contributed by atoms with Crippen LogP contribution in [0.1, 0.15) is 26.7 Å². The Balaban J connectivity index is 1.91. The summed E-state index contributed by atoms with van der Waals surface area (Å²) in [6, 6.07) is 0. The van der Waals surface area contributed by atoms with Crippen molar-refractivity contribution in [2.75, 3.05) is 0 Å². The predicted molar refractivity (Wildman–Crippen MR) is 43.4 cm³/mol. The van der Waals surface area contributed by atoms with Crippen molar-refractivity contribution in [1.29, 1.82) is 0 Å². The summed E-state index contributed by atoms with van der Waals surface area (Å²) in [5.41, 5.74) is 0. The minimum Gasteiger partial charge on any atom is -0.393 e. The zero-order valence-corrected chi connectivity index (χ0v) is 7.53. The summed E-state index contributed by atoms with van der Waals surface area (Å²) in [7, 11) is 0. The second-order valence-electron chi connectivity index (χ2n) is 4.47. The van der Waals surface area contributed by atoms with Gasteiger partial charge in [0.15, 0.2) is 5.79 Å². The lowest BCUT2D eigenvalue weighted by molar-refractivity contribution is -0.209. The molecule has 0 saturated heterocycles. The Kier molecular flexibility index (Phi) is 1.72. The van der Waals surface area contributed by atoms with Gasteiger partial charge in [-0.25, -0.2) is 0 Å². The summed E-state index contributed by atoms with van der Waals surface area (Å²) in [6.07, 6.45) is 1.65. The minimum absolute atomic E-state index is 0.0741. The molecule has 3 heteroatoms. The van der Waals surface area contributed by atoms with Crippen LogP contribution in [0.15, 0.2) is 0 Å². The van der Waals surface area contributed by atoms with Crippen molar-refractivity contribution >= 4 is 0 Å². The molecule has 0 aromatic heterocycles. The molecule has 0 heterocycles. The lowest BCUT2D eigenvalue weighted by Crippen LogP contribution is -2.31. The summed E-state index contributed by atoms with van der Waals surface area (Å²) in [6.45, 7) is 3.27. The highest BCUT2D eigenvalue weighted by Gasteiger charge is 2.55. The number of aliphatic hydroxyl groups excluding tert-OH is 1. The molecule has 2 saturated carbocycles. The maximum absolute atomic E-state index is 9.44. The van der Waals surface area contributed by atoms with E-state index in [0.717, 1.165) is 6.42 Å². The molecule has 12 heavy (non-hydrogen) atoms. The molecule has 0 aromatic carbocycles. The van der Waals surface area contributed by atoms with E-state index < -0.39 is 5.79 Å². The third-order valence-electron chi connectivity index (χ3n) is 2.78. The second-order valence-corrected chi connectivity index (χ2v) is 4.47. The van der Waals surface area contributed by atoms with Crippen LogP contribution in [0.4, 0.5) is 0 Å². The molecule has 2 unspecified atom stereocenters. The average Bonchev–Trinajstić information content (AvgIpc) is 2.54. The van der Waals surface area contributed by atoms with Crippen molar-refractivity contribution in [2.24, 2.45) is 11.8 Å². The Morgan fingerprint density at radius 2 is 1.92 bits per heavy atom. The van der Waals surface area contributed by atoms with Crippen LogP contribution in [-0.2, 0) is 4.74 Å². The van der Waals surface area contributed by atoms with Gasteiger partial charge in [-0.1, -0.05) is 0 Å². The zero-order chi connectivity index (χ0) is 8.93. The molecule has 0 radical (unpaired) electrons. The molecule has 2 fully saturated rings. The van der Waals surface area contributed by atoms with E-state index >= 15 is 0 Å². The van der Waals surface area contributed by atoms with Crippen molar-refractivity contribution in [3.63, 3.8) is 0 Å². The Morgan fingerprint density at radius 1 is 1.25 bits per heavy atom. The molecule has 0 aliphatic heterocycles. The van der Waals surface area contributed by atoms with Crippen LogP contribution in [0.3, 0.4) is 0 Å². The van der Waals surface area contributed by atoms with Gasteiger partial charge >= 0.3 is 0 Å². The van der Waals surface area contributed by atoms with Crippen LogP contribution in [0.25, 0.3) is 0 Å². The van der Waals surface area contributed by atoms with E-state index in [9.17, 15) is 10.2 Å². The van der Waals surface area contributed by atoms with Crippen molar-refractivity contribution in [2.45, 2.75) is 44.7 Å². The molecule has 0 aromatic rings. The summed E-state index contributed by atoms with van der Waals surface area (Å²) < 4.78 is 5.42. The van der Waals surface area contributed by atoms with Crippen LogP contribution >= 0.6 is 0 Å². The van der Waals surface area contributed by atoms with Crippen molar-refractivity contribution in [3.8, 4) is 0 Å². The van der Waals surface area contributed by atoms with Crippen LogP contribution < -0.4 is 0 Å². The summed E-state index contributed by atoms with van der Waals surface area (Å²) in [4.78, 5) is 0. The molecule has 0 amide bonds. The third kappa shape index (κ3) is 1.49. The first-order chi connectivity index (χ1) is 5.47. The van der Waals surface area contributed by atoms with E-state index in [-0.39, 0.29) is 12.2 Å². The molecule has 4 atom stereocenters. The largest absolute Gasteiger partial charge is 0.393 e. The van der Waals surface area contributed by atoms with E-state index in [1.807, 2.05) is 0 Å². The fourth-order valence-corrected chi connectivity index (χ4v) is 2.20. The lowest BCUT2D eigenvalue weighted by atomic mass is 10.2. The highest BCUT2D eigenvalue weighted by Crippen LogP contribution is 2.53. The molecule has 3 nitrogen and oxygen atoms in total. The summed E-state index contributed by atoms with van der Waals surface area (Å²) in [5, 5.41) is 18.8. The van der Waals surface area contributed by atoms with Gasteiger partial charge < -0.3 is 14.9 Å². The standard InChI is InChI=1S/C9H16O3/c1-9(2,11)12-8-4-7(10)5-3-6(5)8/h5-8,10-11H,3-4H2,1-2H3/t5?,6?,7-,8+/m1/s1. The zero-order valence-electron chi connectivity index (χ0n) is 7.53. The molecular weight excluding hydrogens is 156 g/mol. The van der Waals surface area contributed by atoms with Gasteiger partial charge in [0.05, 0.1) is 12.2 Å². The quantitative estimate of drug-likeness (QED) is 0.596. The highest BCUT2D eigenvalue weighted by atomic mass is 16.6. The van der Waals surface area contributed by atoms with Crippen LogP contribution in [0, 0.1) is 11.8 Å². The van der Waals surface area contributed by atoms with E-state index in [4.69, 9.17) is 4.74 Å². The molecule has 0 spiro atoms. The Hall–Kier alpha value is -0.120. The minimum atomic E-state index is -1.05. The van der Waals surface area contributed by atoms with E-state index in [2.05, 4.69) is 0 Å². The normalized spacial score (nSPS) is 46.0. The van der Waals surface area contributed by atoms with Gasteiger partial charge in [0, 0.05) is 6.42 Å². The van der Waals surface area contributed by atoms with Gasteiger partial charge in [-0.15, -0.1) is 0 Å². The van der Waals surface area contributed by atoms with Crippen molar-refractivity contribution < 1.29 is 14.9 Å². The van der Waals surface area contributed by atoms with E-state index in [0.29, 0.717) is 18.3 Å². The lowest BCUT2D eigenvalue weighted by Gasteiger charge is -2.24. The number of fused-ring (bicyclic) bond motifs is 1. The number of ether oxygens (including phenoxy) is 1. The molecular formula is C9H16O3. The maximum Gasteiger partial charge on any atom is 0.160 e. The average molecular weight is 172 g/mol. The first-order valence-corrected chi connectivity index (χ1v) is 4.55. The predicted octanol–water partition coefficient (Wildman–Crippen LogP) is 0.501. The Morgan fingerprint density at radius 3 is 2.25 bits per heavy atom. The van der Waals surface area contributed by atoms with Crippen molar-refractivity contribution in [1.82, 2.24) is 0 Å². The molecule has 70 valence electrons. The first-order valence-electron chi connectivity index (χ1n) is 4.55. The van der Waals surface area contributed by atoms with Gasteiger partial charge in [0.25, 0.3) is 0 Å². The monoisotopic (exact) mass is 172 g/mol. The Labute approximate surface area is 72.3 Å². The summed E-state index contributed by atoms with van der Waals surface area (Å²) >= 11 is 0.